The Morgan fingerprint density at radius 1 is 1.03 bits per heavy atom. The summed E-state index contributed by atoms with van der Waals surface area (Å²) < 4.78 is 1.90. The first-order valence-corrected chi connectivity index (χ1v) is 11.6. The number of hydrogen-bond donors (Lipinski definition) is 1. The summed E-state index contributed by atoms with van der Waals surface area (Å²) in [6.07, 6.45) is 0. The van der Waals surface area contributed by atoms with Gasteiger partial charge in [0.15, 0.2) is 5.13 Å². The van der Waals surface area contributed by atoms with Crippen LogP contribution in [0.15, 0.2) is 60.0 Å². The lowest BCUT2D eigenvalue weighted by atomic mass is 10.0. The van der Waals surface area contributed by atoms with Crippen molar-refractivity contribution in [2.75, 3.05) is 5.32 Å². The largest absolute Gasteiger partial charge is 0.297 e. The number of hydrogen-bond acceptors (Lipinski definition) is 5. The summed E-state index contributed by atoms with van der Waals surface area (Å²) >= 11 is 2.88. The van der Waals surface area contributed by atoms with Gasteiger partial charge in [0.1, 0.15) is 4.83 Å². The average molecular weight is 445 g/mol. The van der Waals surface area contributed by atoms with Gasteiger partial charge < -0.3 is 0 Å². The van der Waals surface area contributed by atoms with E-state index >= 15 is 0 Å². The number of nitrogens with zero attached hydrogens (tertiary/aromatic N) is 3. The van der Waals surface area contributed by atoms with Crippen molar-refractivity contribution in [3.05, 3.63) is 81.7 Å². The molecular formula is C24H20N4OS2. The SMILES string of the molecule is Cc1ccc(-c2csc(NC(=O)c3cc4c(C)nn(-c5ccccc5)c4s3)n2)c(C)c1. The first kappa shape index (κ1) is 19.7. The standard InChI is InChI=1S/C24H20N4OS2/c1-14-9-10-18(15(2)11-14)20-13-30-24(25-20)26-22(29)21-12-19-16(3)27-28(23(19)31-21)17-7-5-4-6-8-17/h4-13H,1-3H3,(H,25,26,29). The van der Waals surface area contributed by atoms with Crippen LogP contribution in [0.25, 0.3) is 27.2 Å². The second-order valence-corrected chi connectivity index (χ2v) is 9.36. The van der Waals surface area contributed by atoms with Crippen molar-refractivity contribution in [1.29, 1.82) is 0 Å². The van der Waals surface area contributed by atoms with Crippen molar-refractivity contribution in [2.24, 2.45) is 0 Å². The molecule has 0 unspecified atom stereocenters. The number of carbonyl (C=O) groups excluding carboxylic acids is 1. The summed E-state index contributed by atoms with van der Waals surface area (Å²) in [5.41, 5.74) is 6.24. The molecule has 5 aromatic rings. The van der Waals surface area contributed by atoms with Crippen LogP contribution >= 0.6 is 22.7 Å². The maximum absolute atomic E-state index is 12.9. The predicted octanol–water partition coefficient (Wildman–Crippen LogP) is 6.39. The minimum absolute atomic E-state index is 0.151. The third-order valence-electron chi connectivity index (χ3n) is 5.15. The number of nitrogens with one attached hydrogen (secondary N) is 1. The highest BCUT2D eigenvalue weighted by molar-refractivity contribution is 7.20. The molecule has 3 aromatic heterocycles. The third-order valence-corrected chi connectivity index (χ3v) is 7.02. The molecule has 0 aliphatic carbocycles. The number of carbonyl (C=O) groups is 1. The predicted molar refractivity (Wildman–Crippen MR) is 129 cm³/mol. The molecule has 0 aliphatic heterocycles. The van der Waals surface area contributed by atoms with Crippen molar-refractivity contribution < 1.29 is 4.79 Å². The Balaban J connectivity index is 1.42. The molecule has 1 amide bonds. The van der Waals surface area contributed by atoms with Gasteiger partial charge in [0.25, 0.3) is 5.91 Å². The number of aromatic nitrogens is 3. The maximum atomic E-state index is 12.9. The van der Waals surface area contributed by atoms with E-state index in [9.17, 15) is 4.79 Å². The van der Waals surface area contributed by atoms with Gasteiger partial charge in [0.2, 0.25) is 0 Å². The van der Waals surface area contributed by atoms with Gasteiger partial charge in [-0.15, -0.1) is 22.7 Å². The second kappa shape index (κ2) is 7.76. The molecule has 0 atom stereocenters. The molecule has 0 saturated heterocycles. The molecule has 0 fully saturated rings. The summed E-state index contributed by atoms with van der Waals surface area (Å²) in [6, 6.07) is 18.2. The molecule has 2 aromatic carbocycles. The first-order chi connectivity index (χ1) is 15.0. The van der Waals surface area contributed by atoms with Crippen LogP contribution < -0.4 is 5.32 Å². The zero-order valence-electron chi connectivity index (χ0n) is 17.3. The quantitative estimate of drug-likeness (QED) is 0.349. The van der Waals surface area contributed by atoms with E-state index in [2.05, 4.69) is 47.4 Å². The Kier molecular flexibility index (Phi) is 4.92. The normalized spacial score (nSPS) is 11.2. The zero-order valence-corrected chi connectivity index (χ0v) is 19.0. The molecule has 0 aliphatic rings. The fraction of sp³-hybridized carbons (Fsp3) is 0.125. The van der Waals surface area contributed by atoms with Crippen molar-refractivity contribution in [3.63, 3.8) is 0 Å². The van der Waals surface area contributed by atoms with Crippen molar-refractivity contribution >= 4 is 43.9 Å². The number of benzene rings is 2. The van der Waals surface area contributed by atoms with E-state index in [1.807, 2.05) is 53.4 Å². The van der Waals surface area contributed by atoms with E-state index in [1.165, 1.54) is 33.8 Å². The van der Waals surface area contributed by atoms with Crippen LogP contribution in [0.5, 0.6) is 0 Å². The Morgan fingerprint density at radius 2 is 1.84 bits per heavy atom. The Morgan fingerprint density at radius 3 is 2.61 bits per heavy atom. The van der Waals surface area contributed by atoms with E-state index in [0.29, 0.717) is 10.0 Å². The Labute approximate surface area is 188 Å². The molecule has 5 rings (SSSR count). The van der Waals surface area contributed by atoms with E-state index < -0.39 is 0 Å². The Bertz CT molecular complexity index is 1410. The zero-order chi connectivity index (χ0) is 21.5. The van der Waals surface area contributed by atoms with Gasteiger partial charge in [-0.05, 0) is 44.5 Å². The number of thiazole rings is 1. The highest BCUT2D eigenvalue weighted by atomic mass is 32.1. The maximum Gasteiger partial charge on any atom is 0.267 e. The minimum Gasteiger partial charge on any atom is -0.297 e. The molecular weight excluding hydrogens is 424 g/mol. The van der Waals surface area contributed by atoms with Crippen molar-refractivity contribution in [1.82, 2.24) is 14.8 Å². The van der Waals surface area contributed by atoms with Crippen LogP contribution in [0, 0.1) is 20.8 Å². The molecule has 5 nitrogen and oxygen atoms in total. The smallest absolute Gasteiger partial charge is 0.267 e. The number of para-hydroxylation sites is 1. The molecule has 1 N–H and O–H groups in total. The highest BCUT2D eigenvalue weighted by Crippen LogP contribution is 2.32. The summed E-state index contributed by atoms with van der Waals surface area (Å²) in [5, 5.41) is 11.2. The lowest BCUT2D eigenvalue weighted by molar-refractivity contribution is 0.103. The number of fused-ring (bicyclic) bond motifs is 1. The number of anilines is 1. The second-order valence-electron chi connectivity index (χ2n) is 7.47. The number of thiophene rings is 1. The minimum atomic E-state index is -0.151. The highest BCUT2D eigenvalue weighted by Gasteiger charge is 2.18. The van der Waals surface area contributed by atoms with Crippen LogP contribution in [0.1, 0.15) is 26.5 Å². The van der Waals surface area contributed by atoms with Gasteiger partial charge in [-0.25, -0.2) is 9.67 Å². The van der Waals surface area contributed by atoms with Crippen LogP contribution in [-0.2, 0) is 0 Å². The lowest BCUT2D eigenvalue weighted by Gasteiger charge is -2.03. The molecule has 0 radical (unpaired) electrons. The molecule has 0 spiro atoms. The summed E-state index contributed by atoms with van der Waals surface area (Å²) in [6.45, 7) is 6.12. The van der Waals surface area contributed by atoms with Crippen molar-refractivity contribution in [2.45, 2.75) is 20.8 Å². The molecule has 3 heterocycles. The molecule has 7 heteroatoms. The van der Waals surface area contributed by atoms with Crippen LogP contribution in [0.2, 0.25) is 0 Å². The summed E-state index contributed by atoms with van der Waals surface area (Å²) in [5.74, 6) is -0.151. The van der Waals surface area contributed by atoms with Gasteiger partial charge in [0, 0.05) is 16.3 Å². The van der Waals surface area contributed by atoms with E-state index in [4.69, 9.17) is 0 Å². The number of aryl methyl sites for hydroxylation is 3. The molecule has 0 bridgehead atoms. The van der Waals surface area contributed by atoms with Gasteiger partial charge in [-0.1, -0.05) is 42.0 Å². The van der Waals surface area contributed by atoms with Gasteiger partial charge in [-0.3, -0.25) is 10.1 Å². The van der Waals surface area contributed by atoms with Gasteiger partial charge >= 0.3 is 0 Å². The van der Waals surface area contributed by atoms with Gasteiger partial charge in [0.05, 0.1) is 22.0 Å². The van der Waals surface area contributed by atoms with Crippen LogP contribution in [0.3, 0.4) is 0 Å². The number of rotatable bonds is 4. The Hall–Kier alpha value is -3.29. The summed E-state index contributed by atoms with van der Waals surface area (Å²) in [4.78, 5) is 19.2. The van der Waals surface area contributed by atoms with E-state index in [-0.39, 0.29) is 5.91 Å². The fourth-order valence-electron chi connectivity index (χ4n) is 3.62. The van der Waals surface area contributed by atoms with Crippen LogP contribution in [0.4, 0.5) is 5.13 Å². The van der Waals surface area contributed by atoms with Crippen molar-refractivity contribution in [3.8, 4) is 16.9 Å². The first-order valence-electron chi connectivity index (χ1n) is 9.88. The lowest BCUT2D eigenvalue weighted by Crippen LogP contribution is -2.09. The molecule has 154 valence electrons. The molecule has 0 saturated carbocycles. The van der Waals surface area contributed by atoms with E-state index in [0.717, 1.165) is 32.9 Å². The van der Waals surface area contributed by atoms with Crippen LogP contribution in [-0.4, -0.2) is 20.7 Å². The van der Waals surface area contributed by atoms with Gasteiger partial charge in [-0.2, -0.15) is 5.10 Å². The monoisotopic (exact) mass is 444 g/mol. The molecule has 31 heavy (non-hydrogen) atoms. The van der Waals surface area contributed by atoms with E-state index in [1.54, 1.807) is 0 Å². The third kappa shape index (κ3) is 3.66. The fourth-order valence-corrected chi connectivity index (χ4v) is 5.40. The average Bonchev–Trinajstić information content (AvgIpc) is 3.46. The topological polar surface area (TPSA) is 59.8 Å². The number of amides is 1. The summed E-state index contributed by atoms with van der Waals surface area (Å²) in [7, 11) is 0.